The molecule has 2 heteroatoms. The summed E-state index contributed by atoms with van der Waals surface area (Å²) in [5.41, 5.74) is 26.1. The summed E-state index contributed by atoms with van der Waals surface area (Å²) < 4.78 is 2.53. The van der Waals surface area contributed by atoms with Crippen molar-refractivity contribution >= 4 is 49.6 Å². The first-order valence-corrected chi connectivity index (χ1v) is 27.4. The number of rotatable bonds is 8. The van der Waals surface area contributed by atoms with Gasteiger partial charge >= 0.3 is 0 Å². The lowest BCUT2D eigenvalue weighted by molar-refractivity contribution is 0.749. The minimum Gasteiger partial charge on any atom is -0.309 e. The Morgan fingerprint density at radius 2 is 0.696 bits per heavy atom. The third-order valence-corrected chi connectivity index (χ3v) is 17.0. The molecular formula is C77H50N2. The Morgan fingerprint density at radius 1 is 0.241 bits per heavy atom. The monoisotopic (exact) mass is 1000 g/mol. The van der Waals surface area contributed by atoms with Gasteiger partial charge in [-0.1, -0.05) is 267 Å². The summed E-state index contributed by atoms with van der Waals surface area (Å²) in [6, 6.07) is 113. The van der Waals surface area contributed by atoms with Gasteiger partial charge in [-0.05, 0) is 120 Å². The lowest BCUT2D eigenvalue weighted by Crippen LogP contribution is -2.33. The fourth-order valence-corrected chi connectivity index (χ4v) is 13.6. The van der Waals surface area contributed by atoms with Crippen LogP contribution in [-0.4, -0.2) is 4.57 Å². The number of fused-ring (bicyclic) bond motifs is 13. The molecule has 2 nitrogen and oxygen atoms in total. The van der Waals surface area contributed by atoms with Crippen LogP contribution in [0.3, 0.4) is 0 Å². The maximum atomic E-state index is 2.53. The van der Waals surface area contributed by atoms with E-state index in [9.17, 15) is 0 Å². The van der Waals surface area contributed by atoms with Crippen LogP contribution in [-0.2, 0) is 5.41 Å². The van der Waals surface area contributed by atoms with Crippen molar-refractivity contribution < 1.29 is 0 Å². The van der Waals surface area contributed by atoms with Crippen LogP contribution in [0.4, 0.5) is 17.1 Å². The number of aromatic nitrogens is 1. The Balaban J connectivity index is 0.904. The van der Waals surface area contributed by atoms with Gasteiger partial charge in [-0.2, -0.15) is 0 Å². The highest BCUT2D eigenvalue weighted by atomic mass is 15.1. The molecule has 1 aliphatic heterocycles. The molecule has 0 radical (unpaired) electrons. The van der Waals surface area contributed by atoms with Crippen LogP contribution < -0.4 is 4.90 Å². The van der Waals surface area contributed by atoms with Gasteiger partial charge in [0.05, 0.1) is 39.2 Å². The highest BCUT2D eigenvalue weighted by Gasteiger charge is 2.51. The molecule has 1 aromatic heterocycles. The van der Waals surface area contributed by atoms with Gasteiger partial charge in [0, 0.05) is 27.3 Å². The average Bonchev–Trinajstić information content (AvgIpc) is 2.85. The topological polar surface area (TPSA) is 8.17 Å². The summed E-state index contributed by atoms with van der Waals surface area (Å²) in [5, 5.41) is 4.92. The summed E-state index contributed by atoms with van der Waals surface area (Å²) in [6.45, 7) is 0. The normalized spacial score (nSPS) is 13.9. The van der Waals surface area contributed by atoms with Crippen molar-refractivity contribution in [2.24, 2.45) is 0 Å². The van der Waals surface area contributed by atoms with E-state index in [0.717, 1.165) is 39.3 Å². The molecule has 0 fully saturated rings. The largest absolute Gasteiger partial charge is 0.309 e. The molecular weight excluding hydrogens is 953 g/mol. The van der Waals surface area contributed by atoms with Crippen molar-refractivity contribution in [2.45, 2.75) is 5.41 Å². The molecule has 0 amide bonds. The van der Waals surface area contributed by atoms with Gasteiger partial charge in [0.2, 0.25) is 0 Å². The summed E-state index contributed by atoms with van der Waals surface area (Å²) in [5.74, 6) is 0. The zero-order valence-corrected chi connectivity index (χ0v) is 43.3. The van der Waals surface area contributed by atoms with Gasteiger partial charge in [-0.25, -0.2) is 0 Å². The minimum absolute atomic E-state index is 0.555. The molecule has 16 rings (SSSR count). The molecule has 2 aliphatic rings. The van der Waals surface area contributed by atoms with E-state index in [2.05, 4.69) is 313 Å². The molecule has 368 valence electrons. The second-order valence-electron chi connectivity index (χ2n) is 21.1. The highest BCUT2D eigenvalue weighted by molar-refractivity contribution is 6.13. The third kappa shape index (κ3) is 6.78. The first-order chi connectivity index (χ1) is 39.2. The molecule has 1 spiro atoms. The fraction of sp³-hybridized carbons (Fsp3) is 0.0130. The number of anilines is 3. The first-order valence-electron chi connectivity index (χ1n) is 27.4. The van der Waals surface area contributed by atoms with E-state index in [1.165, 1.54) is 105 Å². The van der Waals surface area contributed by atoms with Crippen molar-refractivity contribution in [2.75, 3.05) is 4.90 Å². The Hall–Kier alpha value is -10.3. The predicted molar refractivity (Wildman–Crippen MR) is 331 cm³/mol. The van der Waals surface area contributed by atoms with Crippen LogP contribution in [0.5, 0.6) is 0 Å². The van der Waals surface area contributed by atoms with Gasteiger partial charge in [0.15, 0.2) is 0 Å². The van der Waals surface area contributed by atoms with Crippen LogP contribution in [0.25, 0.3) is 105 Å². The number of nitrogens with zero attached hydrogens (tertiary/aromatic N) is 2. The zero-order chi connectivity index (χ0) is 52.0. The molecule has 0 saturated heterocycles. The van der Waals surface area contributed by atoms with E-state index in [4.69, 9.17) is 0 Å². The van der Waals surface area contributed by atoms with Crippen LogP contribution >= 0.6 is 0 Å². The molecule has 14 aromatic rings. The van der Waals surface area contributed by atoms with Gasteiger partial charge in [-0.3, -0.25) is 0 Å². The van der Waals surface area contributed by atoms with Crippen molar-refractivity contribution in [3.63, 3.8) is 0 Å². The van der Waals surface area contributed by atoms with E-state index < -0.39 is 5.41 Å². The molecule has 13 aromatic carbocycles. The number of hydrogen-bond donors (Lipinski definition) is 0. The average molecular weight is 1000 g/mol. The quantitative estimate of drug-likeness (QED) is 0.147. The lowest BCUT2D eigenvalue weighted by Gasteiger charge is -2.39. The maximum absolute atomic E-state index is 2.53. The van der Waals surface area contributed by atoms with Crippen LogP contribution in [0, 0.1) is 0 Å². The van der Waals surface area contributed by atoms with Gasteiger partial charge in [-0.15, -0.1) is 0 Å². The van der Waals surface area contributed by atoms with Crippen LogP contribution in [0.15, 0.2) is 303 Å². The molecule has 1 unspecified atom stereocenters. The molecule has 1 aliphatic carbocycles. The standard InChI is InChI=1S/C77H50N2/c1-3-20-51(21-4-1)53-38-42-55(43-39-53)59-24-10-15-34-71(59)78(72-35-16-11-25-60(72)56-44-40-54(41-45-56)52-22-5-2-6-23-52)74-49-48-58(61-26-7-8-28-64(61)74)57-46-47-63-62-27-9-13-31-67(62)77(70(63)50-57)68-32-14-18-37-75(68)79-73-36-17-12-29-65(73)66-30-19-33-69(77)76(66)79/h1-50H. The second kappa shape index (κ2) is 17.9. The van der Waals surface area contributed by atoms with Crippen molar-refractivity contribution in [3.05, 3.63) is 326 Å². The Morgan fingerprint density at radius 3 is 1.37 bits per heavy atom. The Labute approximate surface area is 460 Å². The summed E-state index contributed by atoms with van der Waals surface area (Å²) >= 11 is 0. The molecule has 79 heavy (non-hydrogen) atoms. The minimum atomic E-state index is -0.555. The molecule has 0 N–H and O–H groups in total. The number of hydrogen-bond acceptors (Lipinski definition) is 1. The van der Waals surface area contributed by atoms with Gasteiger partial charge < -0.3 is 9.47 Å². The van der Waals surface area contributed by atoms with E-state index in [-0.39, 0.29) is 0 Å². The zero-order valence-electron chi connectivity index (χ0n) is 43.3. The van der Waals surface area contributed by atoms with Crippen LogP contribution in [0.1, 0.15) is 22.3 Å². The molecule has 0 saturated carbocycles. The summed E-state index contributed by atoms with van der Waals surface area (Å²) in [4.78, 5) is 2.51. The molecule has 0 bridgehead atoms. The summed E-state index contributed by atoms with van der Waals surface area (Å²) in [7, 11) is 0. The predicted octanol–water partition coefficient (Wildman–Crippen LogP) is 20.4. The molecule has 2 heterocycles. The van der Waals surface area contributed by atoms with E-state index in [1.807, 2.05) is 0 Å². The Kier molecular flexibility index (Phi) is 10.2. The van der Waals surface area contributed by atoms with Crippen LogP contribution in [0.2, 0.25) is 0 Å². The smallest absolute Gasteiger partial charge is 0.0754 e. The fourth-order valence-electron chi connectivity index (χ4n) is 13.6. The highest BCUT2D eigenvalue weighted by Crippen LogP contribution is 2.62. The van der Waals surface area contributed by atoms with E-state index >= 15 is 0 Å². The first kappa shape index (κ1) is 45.0. The lowest BCUT2D eigenvalue weighted by atomic mass is 9.65. The summed E-state index contributed by atoms with van der Waals surface area (Å²) in [6.07, 6.45) is 0. The Bertz CT molecular complexity index is 4580. The SMILES string of the molecule is c1ccc(-c2ccc(-c3ccccc3N(c3ccccc3-c3ccc(-c4ccccc4)cc3)c3ccc(-c4ccc5c(c4)C4(c6ccccc6-5)c5ccccc5-n5c6ccccc6c6cccc4c65)c4ccccc34)cc2)cc1. The second-order valence-corrected chi connectivity index (χ2v) is 21.1. The van der Waals surface area contributed by atoms with Gasteiger partial charge in [0.1, 0.15) is 0 Å². The van der Waals surface area contributed by atoms with Crippen molar-refractivity contribution in [3.8, 4) is 72.4 Å². The van der Waals surface area contributed by atoms with Crippen molar-refractivity contribution in [1.29, 1.82) is 0 Å². The molecule has 1 atom stereocenters. The third-order valence-electron chi connectivity index (χ3n) is 17.0. The maximum Gasteiger partial charge on any atom is 0.0754 e. The number of para-hydroxylation sites is 5. The van der Waals surface area contributed by atoms with Gasteiger partial charge in [0.25, 0.3) is 0 Å². The number of benzene rings is 13. The van der Waals surface area contributed by atoms with Crippen molar-refractivity contribution in [1.82, 2.24) is 4.57 Å². The van der Waals surface area contributed by atoms with E-state index in [0.29, 0.717) is 0 Å². The van der Waals surface area contributed by atoms with E-state index in [1.54, 1.807) is 0 Å².